The summed E-state index contributed by atoms with van der Waals surface area (Å²) in [6.45, 7) is 11.9. The van der Waals surface area contributed by atoms with Crippen molar-refractivity contribution >= 4 is 5.91 Å². The third-order valence-corrected chi connectivity index (χ3v) is 7.21. The molecule has 1 aromatic rings. The summed E-state index contributed by atoms with van der Waals surface area (Å²) in [6.07, 6.45) is 8.93. The Morgan fingerprint density at radius 2 is 1.94 bits per heavy atom. The summed E-state index contributed by atoms with van der Waals surface area (Å²) < 4.78 is 42.5. The van der Waals surface area contributed by atoms with Crippen molar-refractivity contribution in [3.63, 3.8) is 0 Å². The van der Waals surface area contributed by atoms with Crippen LogP contribution in [-0.4, -0.2) is 30.5 Å². The zero-order valence-electron chi connectivity index (χ0n) is 20.3. The highest BCUT2D eigenvalue weighted by molar-refractivity contribution is 5.91. The number of rotatable bonds is 9. The lowest BCUT2D eigenvalue weighted by Crippen LogP contribution is -2.49. The largest absolute Gasteiger partial charge is 0.586 e. The van der Waals surface area contributed by atoms with E-state index < -0.39 is 11.7 Å². The predicted molar refractivity (Wildman–Crippen MR) is 130 cm³/mol. The minimum atomic E-state index is -3.68. The number of carbonyl (C=O) groups excluding carboxylic acids is 1. The van der Waals surface area contributed by atoms with Crippen LogP contribution in [0.25, 0.3) is 0 Å². The molecule has 2 unspecified atom stereocenters. The van der Waals surface area contributed by atoms with Crippen molar-refractivity contribution in [1.29, 1.82) is 0 Å². The second kappa shape index (κ2) is 9.97. The summed E-state index contributed by atoms with van der Waals surface area (Å²) in [5.74, 6) is 0.180. The van der Waals surface area contributed by atoms with Gasteiger partial charge in [0.15, 0.2) is 11.5 Å². The third kappa shape index (κ3) is 5.35. The molecule has 1 amide bonds. The highest BCUT2D eigenvalue weighted by Gasteiger charge is 2.53. The molecule has 1 aliphatic carbocycles. The van der Waals surface area contributed by atoms with E-state index in [1.165, 1.54) is 12.1 Å². The lowest BCUT2D eigenvalue weighted by Gasteiger charge is -2.39. The molecule has 7 heteroatoms. The average Bonchev–Trinajstić information content (AvgIpc) is 3.58. The number of halogens is 2. The van der Waals surface area contributed by atoms with E-state index in [1.54, 1.807) is 18.2 Å². The van der Waals surface area contributed by atoms with Gasteiger partial charge in [0, 0.05) is 6.04 Å². The molecule has 5 nitrogen and oxygen atoms in total. The van der Waals surface area contributed by atoms with Crippen LogP contribution in [-0.2, 0) is 14.9 Å². The van der Waals surface area contributed by atoms with Crippen LogP contribution < -0.4 is 14.8 Å². The topological polar surface area (TPSA) is 56.8 Å². The molecule has 1 saturated heterocycles. The van der Waals surface area contributed by atoms with E-state index in [2.05, 4.69) is 41.8 Å². The Labute approximate surface area is 205 Å². The van der Waals surface area contributed by atoms with Gasteiger partial charge in [-0.2, -0.15) is 0 Å². The van der Waals surface area contributed by atoms with Crippen LogP contribution in [0.4, 0.5) is 8.78 Å². The van der Waals surface area contributed by atoms with Crippen LogP contribution in [0.15, 0.2) is 67.3 Å². The van der Waals surface area contributed by atoms with Crippen molar-refractivity contribution in [3.05, 3.63) is 72.9 Å². The smallest absolute Gasteiger partial charge is 0.395 e. The molecule has 188 valence electrons. The Balaban J connectivity index is 1.52. The lowest BCUT2D eigenvalue weighted by molar-refractivity contribution is -0.286. The van der Waals surface area contributed by atoms with Gasteiger partial charge in [-0.25, -0.2) is 0 Å². The van der Waals surface area contributed by atoms with Crippen molar-refractivity contribution in [2.45, 2.75) is 75.9 Å². The number of fused-ring (bicyclic) bond motifs is 1. The fourth-order valence-corrected chi connectivity index (χ4v) is 4.85. The molecule has 1 N–H and O–H groups in total. The van der Waals surface area contributed by atoms with Crippen LogP contribution >= 0.6 is 0 Å². The molecule has 4 rings (SSSR count). The van der Waals surface area contributed by atoms with Gasteiger partial charge in [0.25, 0.3) is 0 Å². The Kier molecular flexibility index (Phi) is 7.17. The number of hydrogen-bond acceptors (Lipinski definition) is 4. The average molecular weight is 486 g/mol. The highest BCUT2D eigenvalue weighted by Crippen LogP contribution is 2.52. The normalized spacial score (nSPS) is 27.3. The van der Waals surface area contributed by atoms with Crippen LogP contribution in [0.1, 0.15) is 51.5 Å². The van der Waals surface area contributed by atoms with Crippen molar-refractivity contribution in [2.24, 2.45) is 5.92 Å². The maximum atomic E-state index is 13.5. The number of allylic oxidation sites excluding steroid dienone is 4. The Morgan fingerprint density at radius 3 is 2.60 bits per heavy atom. The van der Waals surface area contributed by atoms with Gasteiger partial charge >= 0.3 is 6.29 Å². The highest BCUT2D eigenvalue weighted by atomic mass is 19.3. The zero-order valence-corrected chi connectivity index (χ0v) is 20.3. The van der Waals surface area contributed by atoms with Crippen molar-refractivity contribution in [3.8, 4) is 11.5 Å². The summed E-state index contributed by atoms with van der Waals surface area (Å²) in [5, 5.41) is 3.26. The summed E-state index contributed by atoms with van der Waals surface area (Å²) in [6, 6.07) is 4.54. The standard InChI is InChI=1S/C28H33F2NO4/c1-5-8-10-19(9-6-2)24-17-21(16-23(33-24)18(4)7-3)31-26(32)27(13-14-27)20-11-12-22-25(15-20)35-28(29,30)34-22/h5-6,8-12,15,18,21,23-24H,1-2,7,13-14,16-17H2,3-4H3,(H,31,32)/b10-8-,19-9+/t18?,21-,23?,24+/m1/s1. The van der Waals surface area contributed by atoms with E-state index >= 15 is 0 Å². The van der Waals surface area contributed by atoms with Gasteiger partial charge in [0.2, 0.25) is 5.91 Å². The van der Waals surface area contributed by atoms with Crippen LogP contribution in [0.3, 0.4) is 0 Å². The minimum Gasteiger partial charge on any atom is -0.395 e. The summed E-state index contributed by atoms with van der Waals surface area (Å²) in [5.41, 5.74) is 0.904. The van der Waals surface area contributed by atoms with Gasteiger partial charge in [-0.1, -0.05) is 69.9 Å². The molecule has 4 atom stereocenters. The van der Waals surface area contributed by atoms with Gasteiger partial charge in [0.05, 0.1) is 17.6 Å². The van der Waals surface area contributed by atoms with Crippen LogP contribution in [0.5, 0.6) is 11.5 Å². The molecule has 2 heterocycles. The van der Waals surface area contributed by atoms with E-state index in [-0.39, 0.29) is 35.7 Å². The maximum Gasteiger partial charge on any atom is 0.586 e. The minimum absolute atomic E-state index is 0.00248. The van der Waals surface area contributed by atoms with E-state index in [9.17, 15) is 13.6 Å². The number of alkyl halides is 2. The van der Waals surface area contributed by atoms with Gasteiger partial charge in [-0.3, -0.25) is 4.79 Å². The van der Waals surface area contributed by atoms with Gasteiger partial charge in [0.1, 0.15) is 0 Å². The van der Waals surface area contributed by atoms with E-state index in [4.69, 9.17) is 4.74 Å². The van der Waals surface area contributed by atoms with Crippen molar-refractivity contribution in [2.75, 3.05) is 0 Å². The number of ether oxygens (including phenoxy) is 3. The Morgan fingerprint density at radius 1 is 1.20 bits per heavy atom. The van der Waals surface area contributed by atoms with Crippen molar-refractivity contribution < 1.29 is 27.8 Å². The molecule has 0 bridgehead atoms. The first-order valence-corrected chi connectivity index (χ1v) is 12.2. The fraction of sp³-hybridized carbons (Fsp3) is 0.464. The molecule has 1 saturated carbocycles. The molecule has 35 heavy (non-hydrogen) atoms. The number of carbonyl (C=O) groups is 1. The molecule has 0 radical (unpaired) electrons. The van der Waals surface area contributed by atoms with Gasteiger partial charge in [-0.05, 0) is 54.9 Å². The number of hydrogen-bond donors (Lipinski definition) is 1. The molecule has 2 fully saturated rings. The first-order chi connectivity index (χ1) is 16.7. The number of benzene rings is 1. The van der Waals surface area contributed by atoms with E-state index in [0.717, 1.165) is 12.0 Å². The molecular formula is C28H33F2NO4. The Hall–Kier alpha value is -2.93. The molecule has 2 aliphatic heterocycles. The molecule has 0 spiro atoms. The quantitative estimate of drug-likeness (QED) is 0.438. The summed E-state index contributed by atoms with van der Waals surface area (Å²) >= 11 is 0. The third-order valence-electron chi connectivity index (χ3n) is 7.21. The van der Waals surface area contributed by atoms with E-state index in [0.29, 0.717) is 37.2 Å². The van der Waals surface area contributed by atoms with Crippen LogP contribution in [0, 0.1) is 5.92 Å². The molecule has 0 aromatic heterocycles. The van der Waals surface area contributed by atoms with Gasteiger partial charge in [-0.15, -0.1) is 8.78 Å². The summed E-state index contributed by atoms with van der Waals surface area (Å²) in [4.78, 5) is 13.5. The van der Waals surface area contributed by atoms with E-state index in [1.807, 2.05) is 18.2 Å². The van der Waals surface area contributed by atoms with Crippen molar-refractivity contribution in [1.82, 2.24) is 5.32 Å². The first kappa shape index (κ1) is 25.2. The monoisotopic (exact) mass is 485 g/mol. The molecule has 3 aliphatic rings. The zero-order chi connectivity index (χ0) is 25.2. The number of nitrogens with one attached hydrogen (secondary N) is 1. The predicted octanol–water partition coefficient (Wildman–Crippen LogP) is 5.97. The van der Waals surface area contributed by atoms with Crippen LogP contribution in [0.2, 0.25) is 0 Å². The SMILES string of the molecule is C=C/C=C\C(=C/C=C)[C@@H]1C[C@H](NC(=O)C2(c3ccc4c(c3)OC(F)(F)O4)CC2)CC(C(C)CC)O1. The number of amides is 1. The fourth-order valence-electron chi connectivity index (χ4n) is 4.85. The lowest BCUT2D eigenvalue weighted by atomic mass is 9.87. The summed E-state index contributed by atoms with van der Waals surface area (Å²) in [7, 11) is 0. The maximum absolute atomic E-state index is 13.5. The molecular weight excluding hydrogens is 452 g/mol. The second-order valence-corrected chi connectivity index (χ2v) is 9.60. The first-order valence-electron chi connectivity index (χ1n) is 12.2. The Bertz CT molecular complexity index is 1040. The second-order valence-electron chi connectivity index (χ2n) is 9.60. The molecule has 1 aromatic carbocycles. The van der Waals surface area contributed by atoms with Gasteiger partial charge < -0.3 is 19.5 Å².